The minimum atomic E-state index is 0.192. The van der Waals surface area contributed by atoms with E-state index in [1.165, 1.54) is 0 Å². The van der Waals surface area contributed by atoms with Crippen LogP contribution in [0.5, 0.6) is 0 Å². The van der Waals surface area contributed by atoms with Crippen molar-refractivity contribution in [3.8, 4) is 0 Å². The van der Waals surface area contributed by atoms with Crippen molar-refractivity contribution in [3.63, 3.8) is 0 Å². The lowest BCUT2D eigenvalue weighted by Gasteiger charge is -2.36. The fourth-order valence-electron chi connectivity index (χ4n) is 1.09. The zero-order valence-corrected chi connectivity index (χ0v) is 6.60. The summed E-state index contributed by atoms with van der Waals surface area (Å²) in [5.41, 5.74) is 8.08. The summed E-state index contributed by atoms with van der Waals surface area (Å²) in [6, 6.07) is 0.192. The molecule has 5 heteroatoms. The van der Waals surface area contributed by atoms with E-state index in [-0.39, 0.29) is 6.04 Å². The minimum absolute atomic E-state index is 0.192. The Morgan fingerprint density at radius 1 is 1.73 bits per heavy atom. The lowest BCUT2D eigenvalue weighted by atomic mass is 10.1. The van der Waals surface area contributed by atoms with Gasteiger partial charge in [-0.1, -0.05) is 5.11 Å². The van der Waals surface area contributed by atoms with E-state index >= 15 is 0 Å². The van der Waals surface area contributed by atoms with E-state index in [9.17, 15) is 0 Å². The average molecular weight is 156 g/mol. The van der Waals surface area contributed by atoms with Gasteiger partial charge >= 0.3 is 0 Å². The van der Waals surface area contributed by atoms with Crippen LogP contribution in [-0.2, 0) is 4.74 Å². The monoisotopic (exact) mass is 156 g/mol. The standard InChI is InChI=1S/C6H12N4O/c1-11-3-2-10-4-6(5-10)8-9-7/h6H,2-5H2,1H3. The van der Waals surface area contributed by atoms with E-state index in [0.29, 0.717) is 0 Å². The second kappa shape index (κ2) is 4.18. The molecular formula is C6H12N4O. The molecule has 0 spiro atoms. The topological polar surface area (TPSA) is 61.2 Å². The van der Waals surface area contributed by atoms with Gasteiger partial charge in [-0.25, -0.2) is 0 Å². The third kappa shape index (κ3) is 2.38. The summed E-state index contributed by atoms with van der Waals surface area (Å²) < 4.78 is 4.90. The molecule has 11 heavy (non-hydrogen) atoms. The van der Waals surface area contributed by atoms with Gasteiger partial charge in [-0.2, -0.15) is 0 Å². The lowest BCUT2D eigenvalue weighted by molar-refractivity contribution is 0.0962. The molecule has 0 aliphatic carbocycles. The Balaban J connectivity index is 2.04. The van der Waals surface area contributed by atoms with Crippen LogP contribution in [0.4, 0.5) is 0 Å². The van der Waals surface area contributed by atoms with Crippen LogP contribution in [0.15, 0.2) is 5.11 Å². The van der Waals surface area contributed by atoms with Gasteiger partial charge in [-0.3, -0.25) is 0 Å². The summed E-state index contributed by atoms with van der Waals surface area (Å²) in [4.78, 5) is 4.94. The Hall–Kier alpha value is -0.770. The highest BCUT2D eigenvalue weighted by Gasteiger charge is 2.24. The Bertz CT molecular complexity index is 160. The maximum absolute atomic E-state index is 8.08. The number of nitrogens with zero attached hydrogens (tertiary/aromatic N) is 4. The molecule has 0 amide bonds. The SMILES string of the molecule is COCCN1CC(N=[N+]=[N-])C1. The Kier molecular flexibility index (Phi) is 3.16. The van der Waals surface area contributed by atoms with Crippen molar-refractivity contribution < 1.29 is 4.74 Å². The summed E-state index contributed by atoms with van der Waals surface area (Å²) in [6.45, 7) is 3.46. The third-order valence-electron chi connectivity index (χ3n) is 1.76. The van der Waals surface area contributed by atoms with Crippen LogP contribution in [0.2, 0.25) is 0 Å². The van der Waals surface area contributed by atoms with Gasteiger partial charge in [0, 0.05) is 31.7 Å². The molecule has 1 saturated heterocycles. The summed E-state index contributed by atoms with van der Waals surface area (Å²) in [5, 5.41) is 3.59. The van der Waals surface area contributed by atoms with Crippen LogP contribution >= 0.6 is 0 Å². The van der Waals surface area contributed by atoms with Crippen LogP contribution < -0.4 is 0 Å². The number of hydrogen-bond donors (Lipinski definition) is 0. The van der Waals surface area contributed by atoms with Crippen LogP contribution in [0.25, 0.3) is 10.4 Å². The maximum Gasteiger partial charge on any atom is 0.0628 e. The number of hydrogen-bond acceptors (Lipinski definition) is 3. The summed E-state index contributed by atoms with van der Waals surface area (Å²) >= 11 is 0. The molecule has 5 nitrogen and oxygen atoms in total. The molecule has 0 aromatic carbocycles. The van der Waals surface area contributed by atoms with Crippen molar-refractivity contribution in [1.82, 2.24) is 4.90 Å². The summed E-state index contributed by atoms with van der Waals surface area (Å²) in [7, 11) is 1.69. The molecule has 1 fully saturated rings. The van der Waals surface area contributed by atoms with Crippen molar-refractivity contribution in [2.45, 2.75) is 6.04 Å². The smallest absolute Gasteiger partial charge is 0.0628 e. The number of azide groups is 1. The molecule has 1 aliphatic rings. The van der Waals surface area contributed by atoms with Crippen molar-refractivity contribution in [2.75, 3.05) is 33.4 Å². The third-order valence-corrected chi connectivity index (χ3v) is 1.76. The first kappa shape index (κ1) is 8.33. The number of methoxy groups -OCH3 is 1. The van der Waals surface area contributed by atoms with Gasteiger partial charge in [0.25, 0.3) is 0 Å². The molecule has 0 atom stereocenters. The molecule has 62 valence electrons. The molecule has 0 aromatic rings. The molecule has 0 aromatic heterocycles. The highest BCUT2D eigenvalue weighted by atomic mass is 16.5. The molecular weight excluding hydrogens is 144 g/mol. The van der Waals surface area contributed by atoms with E-state index in [0.717, 1.165) is 26.2 Å². The summed E-state index contributed by atoms with van der Waals surface area (Å²) in [5.74, 6) is 0. The van der Waals surface area contributed by atoms with Crippen LogP contribution in [-0.4, -0.2) is 44.3 Å². The second-order valence-corrected chi connectivity index (χ2v) is 2.61. The molecule has 0 bridgehead atoms. The van der Waals surface area contributed by atoms with Crippen LogP contribution in [0.1, 0.15) is 0 Å². The lowest BCUT2D eigenvalue weighted by Crippen LogP contribution is -2.50. The second-order valence-electron chi connectivity index (χ2n) is 2.61. The van der Waals surface area contributed by atoms with E-state index in [4.69, 9.17) is 10.3 Å². The molecule has 1 heterocycles. The number of ether oxygens (including phenoxy) is 1. The van der Waals surface area contributed by atoms with E-state index in [2.05, 4.69) is 14.9 Å². The molecule has 0 N–H and O–H groups in total. The fraction of sp³-hybridized carbons (Fsp3) is 1.00. The van der Waals surface area contributed by atoms with Gasteiger partial charge in [0.2, 0.25) is 0 Å². The first-order chi connectivity index (χ1) is 5.36. The quantitative estimate of drug-likeness (QED) is 0.340. The van der Waals surface area contributed by atoms with Crippen molar-refractivity contribution in [3.05, 3.63) is 10.4 Å². The first-order valence-electron chi connectivity index (χ1n) is 3.62. The Morgan fingerprint density at radius 3 is 3.00 bits per heavy atom. The highest BCUT2D eigenvalue weighted by molar-refractivity contribution is 4.85. The van der Waals surface area contributed by atoms with E-state index in [1.54, 1.807) is 7.11 Å². The molecule has 0 unspecified atom stereocenters. The Labute approximate surface area is 65.6 Å². The highest BCUT2D eigenvalue weighted by Crippen LogP contribution is 2.10. The fourth-order valence-corrected chi connectivity index (χ4v) is 1.09. The van der Waals surface area contributed by atoms with Crippen LogP contribution in [0.3, 0.4) is 0 Å². The average Bonchev–Trinajstić information content (AvgIpc) is 1.94. The van der Waals surface area contributed by atoms with Gasteiger partial charge < -0.3 is 9.64 Å². The molecule has 1 rings (SSSR count). The largest absolute Gasteiger partial charge is 0.383 e. The van der Waals surface area contributed by atoms with Gasteiger partial charge in [-0.05, 0) is 5.53 Å². The zero-order valence-electron chi connectivity index (χ0n) is 6.60. The van der Waals surface area contributed by atoms with Gasteiger partial charge in [0.15, 0.2) is 0 Å². The van der Waals surface area contributed by atoms with Crippen molar-refractivity contribution in [1.29, 1.82) is 0 Å². The maximum atomic E-state index is 8.08. The van der Waals surface area contributed by atoms with Gasteiger partial charge in [-0.15, -0.1) is 0 Å². The zero-order chi connectivity index (χ0) is 8.10. The summed E-state index contributed by atoms with van der Waals surface area (Å²) in [6.07, 6.45) is 0. The van der Waals surface area contributed by atoms with Crippen molar-refractivity contribution >= 4 is 0 Å². The Morgan fingerprint density at radius 2 is 2.45 bits per heavy atom. The van der Waals surface area contributed by atoms with Crippen LogP contribution in [0, 0.1) is 0 Å². The molecule has 1 aliphatic heterocycles. The number of likely N-dealkylation sites (tertiary alicyclic amines) is 1. The molecule has 0 saturated carbocycles. The predicted octanol–water partition coefficient (Wildman–Crippen LogP) is 0.627. The van der Waals surface area contributed by atoms with Crippen molar-refractivity contribution in [2.24, 2.45) is 5.11 Å². The number of rotatable bonds is 4. The van der Waals surface area contributed by atoms with Gasteiger partial charge in [0.1, 0.15) is 0 Å². The minimum Gasteiger partial charge on any atom is -0.383 e. The van der Waals surface area contributed by atoms with Gasteiger partial charge in [0.05, 0.1) is 12.6 Å². The first-order valence-corrected chi connectivity index (χ1v) is 3.62. The van der Waals surface area contributed by atoms with E-state index < -0.39 is 0 Å². The normalized spacial score (nSPS) is 19.0. The predicted molar refractivity (Wildman–Crippen MR) is 41.3 cm³/mol. The van der Waals surface area contributed by atoms with E-state index in [1.807, 2.05) is 0 Å². The molecule has 0 radical (unpaired) electrons.